The third kappa shape index (κ3) is 2.23. The summed E-state index contributed by atoms with van der Waals surface area (Å²) in [7, 11) is 0. The number of amides is 1. The van der Waals surface area contributed by atoms with E-state index in [4.69, 9.17) is 5.73 Å². The lowest BCUT2D eigenvalue weighted by Crippen LogP contribution is -2.70. The van der Waals surface area contributed by atoms with Gasteiger partial charge in [0.2, 0.25) is 5.91 Å². The van der Waals surface area contributed by atoms with E-state index in [9.17, 15) is 13.6 Å². The van der Waals surface area contributed by atoms with Crippen LogP contribution < -0.4 is 5.73 Å². The third-order valence-electron chi connectivity index (χ3n) is 4.10. The molecule has 3 rings (SSSR count). The Morgan fingerprint density at radius 1 is 1.32 bits per heavy atom. The van der Waals surface area contributed by atoms with Crippen molar-refractivity contribution in [3.05, 3.63) is 35.4 Å². The Hall–Kier alpha value is -1.49. The fourth-order valence-corrected chi connectivity index (χ4v) is 2.72. The number of rotatable bonds is 3. The zero-order valence-corrected chi connectivity index (χ0v) is 10.5. The largest absolute Gasteiger partial charge is 0.339 e. The summed E-state index contributed by atoms with van der Waals surface area (Å²) < 4.78 is 26.9. The first kappa shape index (κ1) is 12.5. The Labute approximate surface area is 110 Å². The molecule has 2 fully saturated rings. The van der Waals surface area contributed by atoms with E-state index in [0.29, 0.717) is 19.0 Å². The zero-order chi connectivity index (χ0) is 13.6. The molecule has 0 spiro atoms. The van der Waals surface area contributed by atoms with Gasteiger partial charge in [0.05, 0.1) is 12.0 Å². The van der Waals surface area contributed by atoms with Crippen molar-refractivity contribution in [2.45, 2.75) is 24.8 Å². The van der Waals surface area contributed by atoms with Crippen LogP contribution in [0.2, 0.25) is 0 Å². The quantitative estimate of drug-likeness (QED) is 0.900. The monoisotopic (exact) mass is 266 g/mol. The SMILES string of the molecule is NC1(C2CC2)CN(C(=O)Cc2c(F)cccc2F)C1. The number of nitrogens with two attached hydrogens (primary N) is 1. The van der Waals surface area contributed by atoms with Crippen molar-refractivity contribution in [2.75, 3.05) is 13.1 Å². The van der Waals surface area contributed by atoms with Gasteiger partial charge >= 0.3 is 0 Å². The summed E-state index contributed by atoms with van der Waals surface area (Å²) in [5, 5.41) is 0. The van der Waals surface area contributed by atoms with Crippen molar-refractivity contribution in [1.82, 2.24) is 4.90 Å². The molecule has 0 radical (unpaired) electrons. The summed E-state index contributed by atoms with van der Waals surface area (Å²) in [5.41, 5.74) is 5.73. The highest BCUT2D eigenvalue weighted by Crippen LogP contribution is 2.43. The van der Waals surface area contributed by atoms with Crippen molar-refractivity contribution in [3.63, 3.8) is 0 Å². The molecule has 1 aliphatic heterocycles. The maximum Gasteiger partial charge on any atom is 0.227 e. The van der Waals surface area contributed by atoms with Gasteiger partial charge in [0, 0.05) is 18.7 Å². The third-order valence-corrected chi connectivity index (χ3v) is 4.10. The molecule has 0 unspecified atom stereocenters. The Morgan fingerprint density at radius 2 is 1.89 bits per heavy atom. The molecule has 1 aromatic rings. The second kappa shape index (κ2) is 4.27. The highest BCUT2D eigenvalue weighted by Gasteiger charge is 2.51. The molecule has 1 saturated heterocycles. The van der Waals surface area contributed by atoms with Gasteiger partial charge in [-0.05, 0) is 30.9 Å². The van der Waals surface area contributed by atoms with E-state index in [1.807, 2.05) is 0 Å². The van der Waals surface area contributed by atoms with Gasteiger partial charge in [-0.2, -0.15) is 0 Å². The standard InChI is InChI=1S/C14H16F2N2O/c15-11-2-1-3-12(16)10(11)6-13(19)18-7-14(17,8-18)9-4-5-9/h1-3,9H,4-8,17H2. The summed E-state index contributed by atoms with van der Waals surface area (Å²) in [6.07, 6.45) is 2.01. The second-order valence-electron chi connectivity index (χ2n) is 5.63. The summed E-state index contributed by atoms with van der Waals surface area (Å²) in [5.74, 6) is -1.09. The number of benzene rings is 1. The minimum atomic E-state index is -0.671. The van der Waals surface area contributed by atoms with E-state index >= 15 is 0 Å². The fraction of sp³-hybridized carbons (Fsp3) is 0.500. The molecule has 1 heterocycles. The summed E-state index contributed by atoms with van der Waals surface area (Å²) in [6, 6.07) is 3.62. The Balaban J connectivity index is 1.63. The maximum absolute atomic E-state index is 13.5. The molecule has 1 amide bonds. The normalized spacial score (nSPS) is 21.1. The van der Waals surface area contributed by atoms with Crippen LogP contribution in [0, 0.1) is 17.6 Å². The number of hydrogen-bond donors (Lipinski definition) is 1. The lowest BCUT2D eigenvalue weighted by molar-refractivity contribution is -0.138. The van der Waals surface area contributed by atoms with Crippen LogP contribution in [-0.4, -0.2) is 29.4 Å². The summed E-state index contributed by atoms with van der Waals surface area (Å²) in [6.45, 7) is 1.01. The smallest absolute Gasteiger partial charge is 0.227 e. The average molecular weight is 266 g/mol. The van der Waals surface area contributed by atoms with Gasteiger partial charge in [0.1, 0.15) is 11.6 Å². The van der Waals surface area contributed by atoms with Gasteiger partial charge < -0.3 is 10.6 Å². The minimum absolute atomic E-state index is 0.159. The summed E-state index contributed by atoms with van der Waals surface area (Å²) >= 11 is 0. The van der Waals surface area contributed by atoms with Crippen LogP contribution in [0.4, 0.5) is 8.78 Å². The molecule has 102 valence electrons. The van der Waals surface area contributed by atoms with E-state index in [1.165, 1.54) is 18.2 Å². The van der Waals surface area contributed by atoms with Gasteiger partial charge in [-0.15, -0.1) is 0 Å². The second-order valence-corrected chi connectivity index (χ2v) is 5.63. The van der Waals surface area contributed by atoms with Crippen molar-refractivity contribution in [3.8, 4) is 0 Å². The van der Waals surface area contributed by atoms with Gasteiger partial charge in [0.15, 0.2) is 0 Å². The molecule has 0 atom stereocenters. The van der Waals surface area contributed by atoms with Crippen molar-refractivity contribution < 1.29 is 13.6 Å². The lowest BCUT2D eigenvalue weighted by Gasteiger charge is -2.48. The predicted molar refractivity (Wildman–Crippen MR) is 66.3 cm³/mol. The van der Waals surface area contributed by atoms with E-state index in [2.05, 4.69) is 0 Å². The lowest BCUT2D eigenvalue weighted by atomic mass is 9.85. The van der Waals surface area contributed by atoms with E-state index in [-0.39, 0.29) is 23.4 Å². The van der Waals surface area contributed by atoms with Crippen molar-refractivity contribution in [1.29, 1.82) is 0 Å². The highest BCUT2D eigenvalue weighted by molar-refractivity contribution is 5.80. The molecule has 2 N–H and O–H groups in total. The Morgan fingerprint density at radius 3 is 2.42 bits per heavy atom. The molecular weight excluding hydrogens is 250 g/mol. The Bertz CT molecular complexity index is 502. The van der Waals surface area contributed by atoms with Crippen molar-refractivity contribution >= 4 is 5.91 Å². The molecule has 2 aliphatic rings. The predicted octanol–water partition coefficient (Wildman–Crippen LogP) is 1.46. The first-order chi connectivity index (χ1) is 8.99. The molecule has 1 aromatic carbocycles. The first-order valence-electron chi connectivity index (χ1n) is 6.49. The van der Waals surface area contributed by atoms with Crippen LogP contribution in [0.15, 0.2) is 18.2 Å². The minimum Gasteiger partial charge on any atom is -0.339 e. The molecule has 3 nitrogen and oxygen atoms in total. The molecule has 1 saturated carbocycles. The van der Waals surface area contributed by atoms with E-state index < -0.39 is 11.6 Å². The van der Waals surface area contributed by atoms with E-state index in [0.717, 1.165) is 12.8 Å². The van der Waals surface area contributed by atoms with Crippen LogP contribution >= 0.6 is 0 Å². The average Bonchev–Trinajstić information content (AvgIpc) is 3.14. The van der Waals surface area contributed by atoms with Gasteiger partial charge in [0.25, 0.3) is 0 Å². The van der Waals surface area contributed by atoms with Crippen LogP contribution in [-0.2, 0) is 11.2 Å². The van der Waals surface area contributed by atoms with Crippen molar-refractivity contribution in [2.24, 2.45) is 11.7 Å². The van der Waals surface area contributed by atoms with Crippen LogP contribution in [0.1, 0.15) is 18.4 Å². The molecular formula is C14H16F2N2O. The van der Waals surface area contributed by atoms with Crippen LogP contribution in [0.3, 0.4) is 0 Å². The number of likely N-dealkylation sites (tertiary alicyclic amines) is 1. The molecule has 0 bridgehead atoms. The number of carbonyl (C=O) groups excluding carboxylic acids is 1. The number of carbonyl (C=O) groups is 1. The number of nitrogens with zero attached hydrogens (tertiary/aromatic N) is 1. The molecule has 5 heteroatoms. The van der Waals surface area contributed by atoms with Gasteiger partial charge in [-0.25, -0.2) is 8.78 Å². The van der Waals surface area contributed by atoms with E-state index in [1.54, 1.807) is 4.90 Å². The van der Waals surface area contributed by atoms with Gasteiger partial charge in [-0.1, -0.05) is 6.07 Å². The summed E-state index contributed by atoms with van der Waals surface area (Å²) in [4.78, 5) is 13.6. The molecule has 19 heavy (non-hydrogen) atoms. The first-order valence-corrected chi connectivity index (χ1v) is 6.49. The Kier molecular flexibility index (Phi) is 2.82. The van der Waals surface area contributed by atoms with Gasteiger partial charge in [-0.3, -0.25) is 4.79 Å². The number of hydrogen-bond acceptors (Lipinski definition) is 2. The van der Waals surface area contributed by atoms with Crippen LogP contribution in [0.5, 0.6) is 0 Å². The maximum atomic E-state index is 13.5. The van der Waals surface area contributed by atoms with Crippen LogP contribution in [0.25, 0.3) is 0 Å². The number of halogens is 2. The zero-order valence-electron chi connectivity index (χ0n) is 10.5. The fourth-order valence-electron chi connectivity index (χ4n) is 2.72. The highest BCUT2D eigenvalue weighted by atomic mass is 19.1. The molecule has 0 aromatic heterocycles. The molecule has 1 aliphatic carbocycles. The topological polar surface area (TPSA) is 46.3 Å².